The van der Waals surface area contributed by atoms with Crippen LogP contribution in [-0.2, 0) is 16.4 Å². The standard InChI is InChI=1S/C33H38F4N6O3S.2H2/c1-4-20-38-21-10-6-5-7-12-24-13-8-9-14-25(24)31-26(43-22-19-29(41-43)46-23-32(2,3)33(35,36)37)17-18-28(40-31)42-47(44,45)30-16-11-15-27(34)39-30;;/h4,8-9,11,13-19,22,38H,1,5-7,10,12,20-21,23H2,2-3H3,(H,40,42);2*1H. The van der Waals surface area contributed by atoms with Crippen LogP contribution < -0.4 is 14.8 Å². The first-order valence-corrected chi connectivity index (χ1v) is 16.6. The molecule has 0 amide bonds. The summed E-state index contributed by atoms with van der Waals surface area (Å²) in [7, 11) is -4.29. The number of benzene rings is 1. The molecule has 3 aromatic heterocycles. The van der Waals surface area contributed by atoms with Crippen LogP contribution in [0.4, 0.5) is 23.4 Å². The molecule has 0 saturated heterocycles. The van der Waals surface area contributed by atoms with Crippen molar-refractivity contribution in [3.8, 4) is 22.8 Å². The number of sulfonamides is 1. The van der Waals surface area contributed by atoms with E-state index in [0.29, 0.717) is 11.4 Å². The normalized spacial score (nSPS) is 12.2. The lowest BCUT2D eigenvalue weighted by atomic mass is 9.94. The van der Waals surface area contributed by atoms with Gasteiger partial charge in [-0.2, -0.15) is 26.0 Å². The van der Waals surface area contributed by atoms with Gasteiger partial charge in [-0.3, -0.25) is 4.72 Å². The topological polar surface area (TPSA) is 111 Å². The van der Waals surface area contributed by atoms with E-state index in [-0.39, 0.29) is 14.6 Å². The molecule has 1 aromatic carbocycles. The molecule has 0 aliphatic carbocycles. The Labute approximate surface area is 275 Å². The fraction of sp³-hybridized carbons (Fsp3) is 0.364. The summed E-state index contributed by atoms with van der Waals surface area (Å²) >= 11 is 0. The molecule has 2 N–H and O–H groups in total. The van der Waals surface area contributed by atoms with Crippen molar-refractivity contribution in [2.45, 2.75) is 57.2 Å². The molecule has 0 saturated carbocycles. The van der Waals surface area contributed by atoms with Gasteiger partial charge in [-0.15, -0.1) is 11.7 Å². The third-order valence-electron chi connectivity index (χ3n) is 7.35. The smallest absolute Gasteiger partial charge is 0.397 e. The van der Waals surface area contributed by atoms with Crippen LogP contribution >= 0.6 is 0 Å². The number of nitrogens with one attached hydrogen (secondary N) is 2. The maximum Gasteiger partial charge on any atom is 0.397 e. The molecule has 0 fully saturated rings. The van der Waals surface area contributed by atoms with Crippen molar-refractivity contribution in [2.75, 3.05) is 24.4 Å². The average Bonchev–Trinajstić information content (AvgIpc) is 3.50. The Morgan fingerprint density at radius 1 is 0.979 bits per heavy atom. The van der Waals surface area contributed by atoms with Gasteiger partial charge in [-0.05, 0) is 69.5 Å². The Morgan fingerprint density at radius 3 is 2.49 bits per heavy atom. The van der Waals surface area contributed by atoms with Gasteiger partial charge in [-0.1, -0.05) is 49.2 Å². The zero-order valence-electron chi connectivity index (χ0n) is 26.2. The van der Waals surface area contributed by atoms with Crippen LogP contribution in [-0.4, -0.2) is 54.0 Å². The SMILES string of the molecule is C=CCNCCCCCCc1ccccc1-c1nc(NS(=O)(=O)c2cccc(F)n2)ccc1-n1ccc(OCC(C)(C)C(F)(F)F)n1.[HH].[HH]. The van der Waals surface area contributed by atoms with Crippen molar-refractivity contribution in [1.82, 2.24) is 25.1 Å². The maximum atomic E-state index is 13.7. The van der Waals surface area contributed by atoms with E-state index >= 15 is 0 Å². The number of rotatable bonds is 17. The predicted molar refractivity (Wildman–Crippen MR) is 177 cm³/mol. The number of hydrogen-bond acceptors (Lipinski definition) is 7. The van der Waals surface area contributed by atoms with Crippen LogP contribution in [0.5, 0.6) is 5.88 Å². The van der Waals surface area contributed by atoms with E-state index in [1.54, 1.807) is 6.07 Å². The molecule has 0 spiro atoms. The van der Waals surface area contributed by atoms with Gasteiger partial charge in [0.15, 0.2) is 5.03 Å². The minimum Gasteiger partial charge on any atom is -0.476 e. The lowest BCUT2D eigenvalue weighted by Gasteiger charge is -2.26. The summed E-state index contributed by atoms with van der Waals surface area (Å²) in [4.78, 5) is 8.12. The number of ether oxygens (including phenoxy) is 1. The number of nitrogens with zero attached hydrogens (tertiary/aromatic N) is 4. The van der Waals surface area contributed by atoms with Crippen molar-refractivity contribution in [2.24, 2.45) is 5.41 Å². The first-order valence-electron chi connectivity index (χ1n) is 15.1. The molecular weight excluding hydrogens is 636 g/mol. The quantitative estimate of drug-likeness (QED) is 0.0512. The minimum atomic E-state index is -4.47. The van der Waals surface area contributed by atoms with E-state index in [2.05, 4.69) is 31.7 Å². The summed E-state index contributed by atoms with van der Waals surface area (Å²) in [5, 5.41) is 7.12. The number of halogens is 4. The second-order valence-electron chi connectivity index (χ2n) is 11.6. The summed E-state index contributed by atoms with van der Waals surface area (Å²) < 4.78 is 89.1. The minimum absolute atomic E-state index is 0. The molecule has 0 aliphatic rings. The molecule has 0 radical (unpaired) electrons. The lowest BCUT2D eigenvalue weighted by Crippen LogP contribution is -2.37. The highest BCUT2D eigenvalue weighted by atomic mass is 32.2. The van der Waals surface area contributed by atoms with E-state index in [9.17, 15) is 26.0 Å². The van der Waals surface area contributed by atoms with Gasteiger partial charge in [0.25, 0.3) is 10.0 Å². The summed E-state index contributed by atoms with van der Waals surface area (Å²) in [6.45, 7) is 6.83. The van der Waals surface area contributed by atoms with Crippen LogP contribution in [0.2, 0.25) is 0 Å². The molecule has 0 aliphatic heterocycles. The van der Waals surface area contributed by atoms with Crippen molar-refractivity contribution in [3.05, 3.63) is 91.0 Å². The Kier molecular flexibility index (Phi) is 11.7. The Hall–Kier alpha value is -4.30. The molecule has 0 unspecified atom stereocenters. The first-order chi connectivity index (χ1) is 22.3. The number of pyridine rings is 2. The Balaban J connectivity index is 0.00000417. The highest BCUT2D eigenvalue weighted by molar-refractivity contribution is 7.92. The van der Waals surface area contributed by atoms with Crippen LogP contribution in [0, 0.1) is 11.4 Å². The molecule has 47 heavy (non-hydrogen) atoms. The largest absolute Gasteiger partial charge is 0.476 e. The molecule has 3 heterocycles. The second kappa shape index (κ2) is 15.5. The third-order valence-corrected chi connectivity index (χ3v) is 8.60. The van der Waals surface area contributed by atoms with Crippen LogP contribution in [0.1, 0.15) is 47.9 Å². The van der Waals surface area contributed by atoms with Gasteiger partial charge in [0, 0.05) is 27.2 Å². The summed E-state index contributed by atoms with van der Waals surface area (Å²) in [6.07, 6.45) is 3.58. The second-order valence-corrected chi connectivity index (χ2v) is 13.2. The zero-order valence-corrected chi connectivity index (χ0v) is 27.0. The van der Waals surface area contributed by atoms with Gasteiger partial charge in [0.1, 0.15) is 12.4 Å². The predicted octanol–water partition coefficient (Wildman–Crippen LogP) is 7.61. The average molecular weight is 679 g/mol. The van der Waals surface area contributed by atoms with E-state index in [1.807, 2.05) is 30.3 Å². The number of unbranched alkanes of at least 4 members (excludes halogenated alkanes) is 3. The Bertz CT molecular complexity index is 1770. The van der Waals surface area contributed by atoms with Crippen LogP contribution in [0.15, 0.2) is 84.5 Å². The van der Waals surface area contributed by atoms with Gasteiger partial charge in [0.05, 0.1) is 16.8 Å². The number of aromatic nitrogens is 4. The van der Waals surface area contributed by atoms with E-state index < -0.39 is 39.2 Å². The van der Waals surface area contributed by atoms with E-state index in [4.69, 9.17) is 4.74 Å². The molecule has 4 rings (SSSR count). The zero-order chi connectivity index (χ0) is 34.1. The monoisotopic (exact) mass is 678 g/mol. The van der Waals surface area contributed by atoms with E-state index in [1.165, 1.54) is 29.1 Å². The number of alkyl halides is 3. The van der Waals surface area contributed by atoms with Crippen molar-refractivity contribution in [1.29, 1.82) is 0 Å². The first kappa shape index (κ1) is 35.6. The lowest BCUT2D eigenvalue weighted by molar-refractivity contribution is -0.219. The maximum absolute atomic E-state index is 13.7. The summed E-state index contributed by atoms with van der Waals surface area (Å²) in [6, 6.07) is 15.4. The van der Waals surface area contributed by atoms with Crippen LogP contribution in [0.25, 0.3) is 16.9 Å². The number of anilines is 1. The van der Waals surface area contributed by atoms with Crippen molar-refractivity contribution < 1.29 is 33.6 Å². The van der Waals surface area contributed by atoms with Gasteiger partial charge in [0.2, 0.25) is 11.8 Å². The van der Waals surface area contributed by atoms with Gasteiger partial charge >= 0.3 is 6.18 Å². The Morgan fingerprint density at radius 2 is 1.74 bits per heavy atom. The fourth-order valence-corrected chi connectivity index (χ4v) is 5.53. The highest BCUT2D eigenvalue weighted by Gasteiger charge is 2.48. The summed E-state index contributed by atoms with van der Waals surface area (Å²) in [5.41, 5.74) is 0.388. The molecule has 0 bridgehead atoms. The van der Waals surface area contributed by atoms with E-state index in [0.717, 1.165) is 82.3 Å². The van der Waals surface area contributed by atoms with Crippen molar-refractivity contribution >= 4 is 15.8 Å². The fourth-order valence-electron chi connectivity index (χ4n) is 4.57. The molecule has 0 atom stereocenters. The third kappa shape index (κ3) is 9.61. The number of aryl methyl sites for hydroxylation is 1. The molecule has 256 valence electrons. The van der Waals surface area contributed by atoms with Gasteiger partial charge in [-0.25, -0.2) is 14.6 Å². The molecule has 9 nitrogen and oxygen atoms in total. The summed E-state index contributed by atoms with van der Waals surface area (Å²) in [5.74, 6) is -1.02. The van der Waals surface area contributed by atoms with Crippen LogP contribution in [0.3, 0.4) is 0 Å². The molecular formula is C33H42F4N6O3S. The molecule has 4 aromatic rings. The molecule has 14 heteroatoms. The number of hydrogen-bond donors (Lipinski definition) is 2. The highest BCUT2D eigenvalue weighted by Crippen LogP contribution is 2.38. The van der Waals surface area contributed by atoms with Crippen molar-refractivity contribution in [3.63, 3.8) is 0 Å². The van der Waals surface area contributed by atoms with Gasteiger partial charge < -0.3 is 10.1 Å².